The van der Waals surface area contributed by atoms with Crippen molar-refractivity contribution in [2.75, 3.05) is 12.4 Å². The predicted octanol–water partition coefficient (Wildman–Crippen LogP) is 5.11. The molecule has 1 atom stereocenters. The van der Waals surface area contributed by atoms with E-state index in [1.807, 2.05) is 0 Å². The molecule has 0 saturated carbocycles. The second-order valence-electron chi connectivity index (χ2n) is 4.26. The summed E-state index contributed by atoms with van der Waals surface area (Å²) in [4.78, 5) is 9.89. The molecule has 0 fully saturated rings. The summed E-state index contributed by atoms with van der Waals surface area (Å²) in [5.74, 6) is 0.933. The molecule has 0 rings (SSSR count). The van der Waals surface area contributed by atoms with Crippen molar-refractivity contribution >= 4 is 28.9 Å². The Morgan fingerprint density at radius 1 is 1.00 bits per heavy atom. The monoisotopic (exact) mass is 396 g/mol. The first-order chi connectivity index (χ1) is 8.12. The molecule has 0 radical (unpaired) electrons. The summed E-state index contributed by atoms with van der Waals surface area (Å²) in [7, 11) is 0. The van der Waals surface area contributed by atoms with Crippen molar-refractivity contribution in [2.24, 2.45) is 0 Å². The van der Waals surface area contributed by atoms with Crippen molar-refractivity contribution in [2.45, 2.75) is 65.2 Å². The van der Waals surface area contributed by atoms with Crippen LogP contribution in [0.15, 0.2) is 0 Å². The second kappa shape index (κ2) is 15.0. The molecule has 6 heteroatoms. The normalized spacial score (nSPS) is 13.9. The van der Waals surface area contributed by atoms with E-state index >= 15 is 0 Å². The molecule has 2 nitrogen and oxygen atoms in total. The second-order valence-corrected chi connectivity index (χ2v) is 10.6. The van der Waals surface area contributed by atoms with Crippen LogP contribution in [0.3, 0.4) is 0 Å². The average Bonchev–Trinajstić information content (AvgIpc) is 2.28. The van der Waals surface area contributed by atoms with E-state index in [0.29, 0.717) is 6.61 Å². The van der Waals surface area contributed by atoms with E-state index in [9.17, 15) is 4.89 Å². The molecule has 0 aliphatic rings. The SMILES string of the molecule is CCCCCCOP(O)(=S)SCCCCCC.[Mo]. The maximum Gasteiger partial charge on any atom is 0.244 e. The Balaban J connectivity index is 0. The summed E-state index contributed by atoms with van der Waals surface area (Å²) in [6, 6.07) is 0. The molecule has 0 bridgehead atoms. The summed E-state index contributed by atoms with van der Waals surface area (Å²) in [6.45, 7) is 5.00. The van der Waals surface area contributed by atoms with Gasteiger partial charge in [-0.1, -0.05) is 63.8 Å². The summed E-state index contributed by atoms with van der Waals surface area (Å²) < 4.78 is 5.43. The van der Waals surface area contributed by atoms with E-state index in [2.05, 4.69) is 13.8 Å². The van der Waals surface area contributed by atoms with Gasteiger partial charge in [-0.3, -0.25) is 0 Å². The molecular weight excluding hydrogens is 367 g/mol. The zero-order chi connectivity index (χ0) is 13.0. The van der Waals surface area contributed by atoms with Crippen LogP contribution in [0, 0.1) is 0 Å². The van der Waals surface area contributed by atoms with Crippen molar-refractivity contribution in [3.8, 4) is 0 Å². The Kier molecular flexibility index (Phi) is 18.3. The van der Waals surface area contributed by atoms with Gasteiger partial charge in [0.25, 0.3) is 0 Å². The van der Waals surface area contributed by atoms with Crippen LogP contribution < -0.4 is 0 Å². The molecule has 1 unspecified atom stereocenters. The molecule has 0 spiro atoms. The number of unbranched alkanes of at least 4 members (excludes halogenated alkanes) is 6. The average molecular weight is 394 g/mol. The molecule has 0 aliphatic heterocycles. The van der Waals surface area contributed by atoms with Gasteiger partial charge < -0.3 is 9.42 Å². The van der Waals surface area contributed by atoms with Crippen LogP contribution >= 0.6 is 17.1 Å². The van der Waals surface area contributed by atoms with Crippen LogP contribution in [-0.4, -0.2) is 17.3 Å². The Labute approximate surface area is 136 Å². The maximum atomic E-state index is 9.89. The van der Waals surface area contributed by atoms with Crippen LogP contribution in [0.25, 0.3) is 0 Å². The molecule has 0 heterocycles. The van der Waals surface area contributed by atoms with E-state index in [-0.39, 0.29) is 21.1 Å². The summed E-state index contributed by atoms with van der Waals surface area (Å²) in [5, 5.41) is 0. The van der Waals surface area contributed by atoms with Crippen molar-refractivity contribution in [3.63, 3.8) is 0 Å². The number of rotatable bonds is 12. The van der Waals surface area contributed by atoms with E-state index in [1.54, 1.807) is 0 Å². The standard InChI is InChI=1S/C12H27O2PS2.Mo/c1-3-5-7-9-11-14-15(13,16)17-12-10-8-6-4-2;/h3-12H2,1-2H3,(H,13,16);. The van der Waals surface area contributed by atoms with E-state index < -0.39 is 5.69 Å². The zero-order valence-electron chi connectivity index (χ0n) is 11.6. The fourth-order valence-electron chi connectivity index (χ4n) is 1.45. The van der Waals surface area contributed by atoms with E-state index in [0.717, 1.165) is 18.6 Å². The van der Waals surface area contributed by atoms with Crippen molar-refractivity contribution in [3.05, 3.63) is 0 Å². The minimum Gasteiger partial charge on any atom is -0.337 e. The van der Waals surface area contributed by atoms with Crippen molar-refractivity contribution in [1.82, 2.24) is 0 Å². The Morgan fingerprint density at radius 3 is 2.11 bits per heavy atom. The van der Waals surface area contributed by atoms with Crippen LogP contribution in [-0.2, 0) is 37.4 Å². The summed E-state index contributed by atoms with van der Waals surface area (Å²) in [6.07, 6.45) is 9.53. The third-order valence-electron chi connectivity index (χ3n) is 2.50. The van der Waals surface area contributed by atoms with Gasteiger partial charge in [0, 0.05) is 26.8 Å². The Morgan fingerprint density at radius 2 is 1.56 bits per heavy atom. The van der Waals surface area contributed by atoms with Gasteiger partial charge in [-0.15, -0.1) is 0 Å². The summed E-state index contributed by atoms with van der Waals surface area (Å²) >= 11 is 6.56. The van der Waals surface area contributed by atoms with Gasteiger partial charge in [0.15, 0.2) is 0 Å². The Hall–Kier alpha value is 1.61. The molecule has 1 N–H and O–H groups in total. The van der Waals surface area contributed by atoms with E-state index in [1.165, 1.54) is 49.9 Å². The van der Waals surface area contributed by atoms with Gasteiger partial charge in [0.05, 0.1) is 6.61 Å². The number of hydrogen-bond donors (Lipinski definition) is 1. The first kappa shape index (κ1) is 21.9. The fourth-order valence-corrected chi connectivity index (χ4v) is 4.87. The fraction of sp³-hybridized carbons (Fsp3) is 1.00. The summed E-state index contributed by atoms with van der Waals surface area (Å²) in [5.41, 5.74) is -2.54. The molecule has 0 amide bonds. The molecule has 18 heavy (non-hydrogen) atoms. The third kappa shape index (κ3) is 15.7. The van der Waals surface area contributed by atoms with Crippen LogP contribution in [0.2, 0.25) is 0 Å². The predicted molar refractivity (Wildman–Crippen MR) is 83.2 cm³/mol. The van der Waals surface area contributed by atoms with Crippen LogP contribution in [0.5, 0.6) is 0 Å². The van der Waals surface area contributed by atoms with Gasteiger partial charge in [-0.2, -0.15) is 0 Å². The first-order valence-electron chi connectivity index (χ1n) is 6.74. The first-order valence-corrected chi connectivity index (χ1v) is 11.0. The topological polar surface area (TPSA) is 29.5 Å². The van der Waals surface area contributed by atoms with Gasteiger partial charge in [0.1, 0.15) is 0 Å². The third-order valence-corrected chi connectivity index (χ3v) is 6.92. The van der Waals surface area contributed by atoms with Crippen LogP contribution in [0.1, 0.15) is 65.2 Å². The molecule has 110 valence electrons. The smallest absolute Gasteiger partial charge is 0.244 e. The molecule has 0 saturated heterocycles. The molecule has 0 aromatic rings. The van der Waals surface area contributed by atoms with Gasteiger partial charge in [-0.25, -0.2) is 0 Å². The van der Waals surface area contributed by atoms with Gasteiger partial charge in [0.2, 0.25) is 5.69 Å². The van der Waals surface area contributed by atoms with Crippen molar-refractivity contribution in [1.29, 1.82) is 0 Å². The Bertz CT molecular complexity index is 200. The van der Waals surface area contributed by atoms with Crippen LogP contribution in [0.4, 0.5) is 0 Å². The molecule has 0 aromatic carbocycles. The molecule has 0 aliphatic carbocycles. The molecule has 0 aromatic heterocycles. The maximum absolute atomic E-state index is 9.89. The largest absolute Gasteiger partial charge is 0.337 e. The quantitative estimate of drug-likeness (QED) is 0.283. The van der Waals surface area contributed by atoms with Gasteiger partial charge >= 0.3 is 0 Å². The number of hydrogen-bond acceptors (Lipinski definition) is 3. The zero-order valence-corrected chi connectivity index (χ0v) is 16.1. The van der Waals surface area contributed by atoms with Crippen molar-refractivity contribution < 1.29 is 30.5 Å². The minimum atomic E-state index is -2.54. The van der Waals surface area contributed by atoms with Gasteiger partial charge in [-0.05, 0) is 24.6 Å². The molecular formula is C12H27MoO2PS2. The minimum absolute atomic E-state index is 0. The van der Waals surface area contributed by atoms with E-state index in [4.69, 9.17) is 16.3 Å².